The van der Waals surface area contributed by atoms with Gasteiger partial charge in [-0.3, -0.25) is 0 Å². The second-order valence-electron chi connectivity index (χ2n) is 5.90. The monoisotopic (exact) mass is 310 g/mol. The average Bonchev–Trinajstić information content (AvgIpc) is 3.04. The third kappa shape index (κ3) is 2.33. The molecule has 0 saturated carbocycles. The Morgan fingerprint density at radius 1 is 1.52 bits per heavy atom. The van der Waals surface area contributed by atoms with E-state index in [1.165, 1.54) is 10.5 Å². The van der Waals surface area contributed by atoms with Crippen molar-refractivity contribution in [2.45, 2.75) is 25.2 Å². The maximum absolute atomic E-state index is 12.7. The van der Waals surface area contributed by atoms with Crippen molar-refractivity contribution in [3.05, 3.63) is 18.0 Å². The molecule has 0 aliphatic carbocycles. The van der Waals surface area contributed by atoms with Gasteiger partial charge in [0.15, 0.2) is 0 Å². The van der Waals surface area contributed by atoms with Crippen molar-refractivity contribution in [2.24, 2.45) is 11.1 Å². The minimum atomic E-state index is -3.56. The third-order valence-corrected chi connectivity index (χ3v) is 5.95. The summed E-state index contributed by atoms with van der Waals surface area (Å²) >= 11 is 0. The highest BCUT2D eigenvalue weighted by Crippen LogP contribution is 2.33. The maximum Gasteiger partial charge on any atom is 0.257 e. The van der Waals surface area contributed by atoms with E-state index < -0.39 is 10.0 Å². The predicted molar refractivity (Wildman–Crippen MR) is 77.1 cm³/mol. The van der Waals surface area contributed by atoms with E-state index in [2.05, 4.69) is 10.1 Å². The van der Waals surface area contributed by atoms with Crippen LogP contribution >= 0.6 is 0 Å². The summed E-state index contributed by atoms with van der Waals surface area (Å²) < 4.78 is 31.9. The van der Waals surface area contributed by atoms with Gasteiger partial charge >= 0.3 is 0 Å². The van der Waals surface area contributed by atoms with Gasteiger partial charge < -0.3 is 10.3 Å². The van der Waals surface area contributed by atoms with Gasteiger partial charge in [0.1, 0.15) is 4.90 Å². The van der Waals surface area contributed by atoms with Crippen molar-refractivity contribution < 1.29 is 12.9 Å². The van der Waals surface area contributed by atoms with E-state index in [0.29, 0.717) is 36.4 Å². The van der Waals surface area contributed by atoms with Crippen LogP contribution in [-0.2, 0) is 10.0 Å². The van der Waals surface area contributed by atoms with Crippen LogP contribution in [0.4, 0.5) is 0 Å². The van der Waals surface area contributed by atoms with Crippen molar-refractivity contribution in [3.63, 3.8) is 0 Å². The molecule has 114 valence electrons. The quantitative estimate of drug-likeness (QED) is 0.903. The molecule has 7 nitrogen and oxygen atoms in total. The first-order valence-electron chi connectivity index (χ1n) is 6.78. The molecule has 1 fully saturated rings. The van der Waals surface area contributed by atoms with Gasteiger partial charge in [0.25, 0.3) is 5.71 Å². The molecule has 2 aromatic heterocycles. The van der Waals surface area contributed by atoms with Crippen molar-refractivity contribution in [1.29, 1.82) is 0 Å². The molecule has 2 aromatic rings. The van der Waals surface area contributed by atoms with E-state index in [9.17, 15) is 8.42 Å². The maximum atomic E-state index is 12.7. The highest BCUT2D eigenvalue weighted by atomic mass is 32.2. The van der Waals surface area contributed by atoms with E-state index >= 15 is 0 Å². The number of aryl methyl sites for hydroxylation is 1. The van der Waals surface area contributed by atoms with Gasteiger partial charge in [-0.15, -0.1) is 0 Å². The van der Waals surface area contributed by atoms with E-state index in [0.717, 1.165) is 6.42 Å². The van der Waals surface area contributed by atoms with Crippen LogP contribution in [0.5, 0.6) is 0 Å². The molecule has 1 saturated heterocycles. The smallest absolute Gasteiger partial charge is 0.257 e. The fraction of sp³-hybridized carbons (Fsp3) is 0.538. The summed E-state index contributed by atoms with van der Waals surface area (Å²) in [6, 6.07) is 1.57. The van der Waals surface area contributed by atoms with Gasteiger partial charge in [-0.25, -0.2) is 13.4 Å². The molecule has 3 rings (SSSR count). The van der Waals surface area contributed by atoms with Crippen LogP contribution in [0.1, 0.15) is 19.0 Å². The topological polar surface area (TPSA) is 102 Å². The minimum Gasteiger partial charge on any atom is -0.336 e. The Bertz CT molecular complexity index is 786. The van der Waals surface area contributed by atoms with Gasteiger partial charge in [-0.05, 0) is 31.4 Å². The number of fused-ring (bicyclic) bond motifs is 1. The zero-order valence-corrected chi connectivity index (χ0v) is 12.9. The molecule has 21 heavy (non-hydrogen) atoms. The number of nitrogens with zero attached hydrogens (tertiary/aromatic N) is 3. The molecule has 1 aliphatic heterocycles. The summed E-state index contributed by atoms with van der Waals surface area (Å²) in [5, 5.41) is 4.41. The normalized spacial score (nSPS) is 24.0. The van der Waals surface area contributed by atoms with Crippen molar-refractivity contribution in [1.82, 2.24) is 14.4 Å². The molecule has 0 amide bonds. The van der Waals surface area contributed by atoms with Crippen LogP contribution in [0.3, 0.4) is 0 Å². The highest BCUT2D eigenvalue weighted by molar-refractivity contribution is 7.89. The lowest BCUT2D eigenvalue weighted by Gasteiger charge is -2.22. The summed E-state index contributed by atoms with van der Waals surface area (Å²) in [5.74, 6) is 0. The Morgan fingerprint density at radius 2 is 2.29 bits per heavy atom. The Labute approximate surface area is 123 Å². The first-order valence-corrected chi connectivity index (χ1v) is 8.22. The fourth-order valence-corrected chi connectivity index (χ4v) is 4.13. The SMILES string of the molecule is Cc1noc2ncc(S(=O)(=O)N3CCC(C)(CN)C3)cc12. The van der Waals surface area contributed by atoms with Crippen LogP contribution in [0.15, 0.2) is 21.7 Å². The molecule has 1 aliphatic rings. The summed E-state index contributed by atoms with van der Waals surface area (Å²) in [4.78, 5) is 4.21. The number of aromatic nitrogens is 2. The lowest BCUT2D eigenvalue weighted by molar-refractivity contribution is 0.349. The number of hydrogen-bond acceptors (Lipinski definition) is 6. The molecular weight excluding hydrogens is 292 g/mol. The van der Waals surface area contributed by atoms with E-state index in [1.54, 1.807) is 13.0 Å². The molecule has 1 atom stereocenters. The molecule has 3 heterocycles. The molecule has 0 spiro atoms. The number of hydrogen-bond donors (Lipinski definition) is 1. The van der Waals surface area contributed by atoms with Gasteiger partial charge in [0.05, 0.1) is 17.3 Å². The second kappa shape index (κ2) is 4.75. The molecule has 1 unspecified atom stereocenters. The van der Waals surface area contributed by atoms with Crippen molar-refractivity contribution in [3.8, 4) is 0 Å². The van der Waals surface area contributed by atoms with Gasteiger partial charge in [0.2, 0.25) is 10.0 Å². The first-order chi connectivity index (χ1) is 9.86. The number of rotatable bonds is 3. The van der Waals surface area contributed by atoms with Gasteiger partial charge in [0, 0.05) is 13.1 Å². The predicted octanol–water partition coefficient (Wildman–Crippen LogP) is 0.891. The largest absolute Gasteiger partial charge is 0.336 e. The second-order valence-corrected chi connectivity index (χ2v) is 7.83. The Balaban J connectivity index is 1.99. The van der Waals surface area contributed by atoms with Crippen molar-refractivity contribution in [2.75, 3.05) is 19.6 Å². The molecule has 8 heteroatoms. The Hall–Kier alpha value is -1.51. The summed E-state index contributed by atoms with van der Waals surface area (Å²) in [6.07, 6.45) is 2.09. The van der Waals surface area contributed by atoms with Gasteiger partial charge in [-0.2, -0.15) is 4.31 Å². The third-order valence-electron chi connectivity index (χ3n) is 4.14. The molecule has 0 bridgehead atoms. The van der Waals surface area contributed by atoms with E-state index in [4.69, 9.17) is 10.3 Å². The number of sulfonamides is 1. The Kier molecular flexibility index (Phi) is 3.27. The summed E-state index contributed by atoms with van der Waals surface area (Å²) in [6.45, 7) is 5.16. The zero-order valence-electron chi connectivity index (χ0n) is 12.0. The van der Waals surface area contributed by atoms with Crippen LogP contribution in [-0.4, -0.2) is 42.5 Å². The first kappa shape index (κ1) is 14.4. The van der Waals surface area contributed by atoms with Crippen LogP contribution in [0, 0.1) is 12.3 Å². The van der Waals surface area contributed by atoms with E-state index in [1.807, 2.05) is 6.92 Å². The van der Waals surface area contributed by atoms with Crippen LogP contribution < -0.4 is 5.73 Å². The lowest BCUT2D eigenvalue weighted by atomic mass is 9.90. The fourth-order valence-electron chi connectivity index (χ4n) is 2.57. The molecule has 0 radical (unpaired) electrons. The number of pyridine rings is 1. The summed E-state index contributed by atoms with van der Waals surface area (Å²) in [7, 11) is -3.56. The molecule has 2 N–H and O–H groups in total. The Morgan fingerprint density at radius 3 is 2.95 bits per heavy atom. The summed E-state index contributed by atoms with van der Waals surface area (Å²) in [5.41, 5.74) is 6.56. The lowest BCUT2D eigenvalue weighted by Crippen LogP contribution is -2.34. The minimum absolute atomic E-state index is 0.155. The van der Waals surface area contributed by atoms with Crippen LogP contribution in [0.25, 0.3) is 11.1 Å². The van der Waals surface area contributed by atoms with Crippen LogP contribution in [0.2, 0.25) is 0 Å². The number of nitrogens with two attached hydrogens (primary N) is 1. The molecular formula is C13H18N4O3S. The molecule has 0 aromatic carbocycles. The standard InChI is InChI=1S/C13H18N4O3S/c1-9-11-5-10(6-15-12(11)20-16-9)21(18,19)17-4-3-13(2,7-14)8-17/h5-6H,3-4,7-8,14H2,1-2H3. The van der Waals surface area contributed by atoms with Gasteiger partial charge in [-0.1, -0.05) is 12.1 Å². The zero-order chi connectivity index (χ0) is 15.3. The average molecular weight is 310 g/mol. The van der Waals surface area contributed by atoms with E-state index in [-0.39, 0.29) is 10.3 Å². The van der Waals surface area contributed by atoms with Crippen molar-refractivity contribution >= 4 is 21.1 Å². The highest BCUT2D eigenvalue weighted by Gasteiger charge is 2.39.